The highest BCUT2D eigenvalue weighted by atomic mass is 32.1. The third-order valence-electron chi connectivity index (χ3n) is 4.11. The molecule has 0 saturated heterocycles. The Morgan fingerprint density at radius 3 is 2.69 bits per heavy atom. The van der Waals surface area contributed by atoms with Gasteiger partial charge >= 0.3 is 0 Å². The Bertz CT molecular complexity index is 1050. The summed E-state index contributed by atoms with van der Waals surface area (Å²) < 4.78 is 13.2. The van der Waals surface area contributed by atoms with Crippen molar-refractivity contribution in [3.63, 3.8) is 0 Å². The van der Waals surface area contributed by atoms with Gasteiger partial charge in [0.1, 0.15) is 28.4 Å². The van der Waals surface area contributed by atoms with Crippen LogP contribution in [0.2, 0.25) is 0 Å². The summed E-state index contributed by atoms with van der Waals surface area (Å²) in [6, 6.07) is 7.71. The molecule has 3 heterocycles. The zero-order chi connectivity index (χ0) is 18.3. The minimum atomic E-state index is -1.05. The number of hydrogen-bond donors (Lipinski definition) is 2. The van der Waals surface area contributed by atoms with Crippen molar-refractivity contribution in [1.29, 1.82) is 0 Å². The summed E-state index contributed by atoms with van der Waals surface area (Å²) in [5.41, 5.74) is 0.536. The van der Waals surface area contributed by atoms with Crippen molar-refractivity contribution in [2.75, 3.05) is 11.9 Å². The smallest absolute Gasteiger partial charge is 0.165 e. The molecule has 0 radical (unpaired) electrons. The van der Waals surface area contributed by atoms with Gasteiger partial charge in [0.2, 0.25) is 0 Å². The summed E-state index contributed by atoms with van der Waals surface area (Å²) >= 11 is 1.54. The topological polar surface area (TPSA) is 77.9 Å². The molecule has 0 aliphatic carbocycles. The van der Waals surface area contributed by atoms with Gasteiger partial charge in [0, 0.05) is 11.9 Å². The van der Waals surface area contributed by atoms with E-state index in [2.05, 4.69) is 19.9 Å². The van der Waals surface area contributed by atoms with Crippen LogP contribution in [-0.2, 0) is 0 Å². The Labute approximate surface area is 153 Å². The summed E-state index contributed by atoms with van der Waals surface area (Å²) in [4.78, 5) is 20.0. The normalized spacial score (nSPS) is 12.5. The van der Waals surface area contributed by atoms with E-state index in [-0.39, 0.29) is 11.6 Å². The van der Waals surface area contributed by atoms with Crippen molar-refractivity contribution >= 4 is 33.2 Å². The van der Waals surface area contributed by atoms with Crippen molar-refractivity contribution in [3.05, 3.63) is 64.9 Å². The van der Waals surface area contributed by atoms with E-state index >= 15 is 0 Å². The van der Waals surface area contributed by atoms with Crippen LogP contribution in [0.25, 0.3) is 10.2 Å². The van der Waals surface area contributed by atoms with Crippen LogP contribution in [0.1, 0.15) is 22.4 Å². The number of aromatic nitrogens is 4. The van der Waals surface area contributed by atoms with Crippen LogP contribution in [0, 0.1) is 12.7 Å². The van der Waals surface area contributed by atoms with Crippen LogP contribution in [0.15, 0.2) is 42.9 Å². The lowest BCUT2D eigenvalue weighted by molar-refractivity contribution is 0.210. The maximum Gasteiger partial charge on any atom is 0.165 e. The maximum atomic E-state index is 13.2. The molecule has 1 unspecified atom stereocenters. The van der Waals surface area contributed by atoms with Gasteiger partial charge in [0.25, 0.3) is 0 Å². The first-order valence-corrected chi connectivity index (χ1v) is 8.78. The lowest BCUT2D eigenvalue weighted by atomic mass is 10.1. The number of nitrogens with zero attached hydrogens (tertiary/aromatic N) is 4. The number of imidazole rings is 1. The Hall–Kier alpha value is -2.84. The molecule has 2 N–H and O–H groups in total. The molecule has 1 atom stereocenters. The highest BCUT2D eigenvalue weighted by Gasteiger charge is 2.20. The molecule has 0 aliphatic rings. The quantitative estimate of drug-likeness (QED) is 0.573. The van der Waals surface area contributed by atoms with Crippen molar-refractivity contribution in [1.82, 2.24) is 19.9 Å². The first-order chi connectivity index (χ1) is 12.5. The number of hydrogen-bond acceptors (Lipinski definition) is 6. The van der Waals surface area contributed by atoms with E-state index in [9.17, 15) is 9.50 Å². The number of anilines is 2. The van der Waals surface area contributed by atoms with Crippen molar-refractivity contribution in [2.45, 2.75) is 13.0 Å². The summed E-state index contributed by atoms with van der Waals surface area (Å²) in [6.45, 7) is 2.00. The molecule has 0 saturated carbocycles. The largest absolute Gasteiger partial charge is 0.380 e. The lowest BCUT2D eigenvalue weighted by Crippen LogP contribution is -2.15. The molecular formula is C18H16FN5OS. The third-order valence-corrected chi connectivity index (χ3v) is 5.05. The van der Waals surface area contributed by atoms with E-state index in [0.29, 0.717) is 11.4 Å². The van der Waals surface area contributed by atoms with Crippen LogP contribution >= 0.6 is 11.3 Å². The van der Waals surface area contributed by atoms with Gasteiger partial charge in [-0.1, -0.05) is 12.1 Å². The fraction of sp³-hybridized carbons (Fsp3) is 0.167. The molecule has 132 valence electrons. The summed E-state index contributed by atoms with van der Waals surface area (Å²) in [5, 5.41) is 11.6. The molecule has 4 rings (SSSR count). The molecule has 26 heavy (non-hydrogen) atoms. The second kappa shape index (κ2) is 6.47. The average molecular weight is 369 g/mol. The number of aromatic amines is 1. The van der Waals surface area contributed by atoms with Gasteiger partial charge in [-0.15, -0.1) is 11.3 Å². The Balaban J connectivity index is 1.84. The predicted octanol–water partition coefficient (Wildman–Crippen LogP) is 3.71. The first kappa shape index (κ1) is 16.6. The zero-order valence-corrected chi connectivity index (χ0v) is 15.0. The van der Waals surface area contributed by atoms with E-state index < -0.39 is 6.10 Å². The van der Waals surface area contributed by atoms with Gasteiger partial charge in [-0.3, -0.25) is 0 Å². The summed E-state index contributed by atoms with van der Waals surface area (Å²) in [6.07, 6.45) is 2.25. The molecule has 0 fully saturated rings. The van der Waals surface area contributed by atoms with Crippen LogP contribution < -0.4 is 4.90 Å². The highest BCUT2D eigenvalue weighted by Crippen LogP contribution is 2.34. The van der Waals surface area contributed by atoms with E-state index in [1.165, 1.54) is 35.6 Å². The molecule has 4 aromatic rings. The molecule has 0 bridgehead atoms. The second-order valence-corrected chi connectivity index (χ2v) is 7.17. The Morgan fingerprint density at radius 1 is 1.23 bits per heavy atom. The minimum Gasteiger partial charge on any atom is -0.380 e. The van der Waals surface area contributed by atoms with Crippen molar-refractivity contribution in [3.8, 4) is 0 Å². The fourth-order valence-electron chi connectivity index (χ4n) is 2.76. The van der Waals surface area contributed by atoms with Gasteiger partial charge < -0.3 is 15.0 Å². The van der Waals surface area contributed by atoms with E-state index in [0.717, 1.165) is 20.9 Å². The SMILES string of the molecule is Cc1cc2c(N(C)c3cnc[nH]3)nc(C(O)c3ccc(F)cc3)nc2s1. The minimum absolute atomic E-state index is 0.271. The van der Waals surface area contributed by atoms with E-state index in [1.54, 1.807) is 12.5 Å². The molecule has 0 spiro atoms. The van der Waals surface area contributed by atoms with Gasteiger partial charge in [0.15, 0.2) is 5.82 Å². The summed E-state index contributed by atoms with van der Waals surface area (Å²) in [5.74, 6) is 1.36. The maximum absolute atomic E-state index is 13.2. The van der Waals surface area contributed by atoms with E-state index in [1.807, 2.05) is 24.9 Å². The number of aliphatic hydroxyl groups excluding tert-OH is 1. The van der Waals surface area contributed by atoms with Gasteiger partial charge in [-0.05, 0) is 30.7 Å². The number of thiophene rings is 1. The summed E-state index contributed by atoms with van der Waals surface area (Å²) in [7, 11) is 1.87. The Morgan fingerprint density at radius 2 is 2.00 bits per heavy atom. The number of fused-ring (bicyclic) bond motifs is 1. The standard InChI is InChI=1S/C18H16FN5OS/c1-10-7-13-17(24(2)14-8-20-9-21-14)22-16(23-18(13)26-10)15(25)11-3-5-12(19)6-4-11/h3-9,15,25H,1-2H3,(H,20,21). The Kier molecular flexibility index (Phi) is 4.14. The molecular weight excluding hydrogens is 353 g/mol. The van der Waals surface area contributed by atoms with Crippen molar-refractivity contribution < 1.29 is 9.50 Å². The van der Waals surface area contributed by atoms with Gasteiger partial charge in [-0.2, -0.15) is 0 Å². The van der Waals surface area contributed by atoms with Gasteiger partial charge in [0.05, 0.1) is 17.9 Å². The van der Waals surface area contributed by atoms with Crippen LogP contribution in [0.4, 0.5) is 16.0 Å². The number of halogens is 1. The highest BCUT2D eigenvalue weighted by molar-refractivity contribution is 7.18. The molecule has 1 aromatic carbocycles. The lowest BCUT2D eigenvalue weighted by Gasteiger charge is -2.19. The number of rotatable bonds is 4. The third kappa shape index (κ3) is 2.93. The number of H-pyrrole nitrogens is 1. The van der Waals surface area contributed by atoms with E-state index in [4.69, 9.17) is 0 Å². The first-order valence-electron chi connectivity index (χ1n) is 7.96. The predicted molar refractivity (Wildman–Crippen MR) is 99.3 cm³/mol. The van der Waals surface area contributed by atoms with Crippen LogP contribution in [0.5, 0.6) is 0 Å². The second-order valence-electron chi connectivity index (χ2n) is 5.93. The van der Waals surface area contributed by atoms with Crippen molar-refractivity contribution in [2.24, 2.45) is 0 Å². The average Bonchev–Trinajstić information content (AvgIpc) is 3.29. The molecule has 6 nitrogen and oxygen atoms in total. The fourth-order valence-corrected chi connectivity index (χ4v) is 3.64. The number of benzene rings is 1. The number of aliphatic hydroxyl groups is 1. The molecule has 3 aromatic heterocycles. The zero-order valence-electron chi connectivity index (χ0n) is 14.1. The number of nitrogens with one attached hydrogen (secondary N) is 1. The monoisotopic (exact) mass is 369 g/mol. The van der Waals surface area contributed by atoms with Crippen LogP contribution in [-0.4, -0.2) is 32.1 Å². The molecule has 0 amide bonds. The van der Waals surface area contributed by atoms with Gasteiger partial charge in [-0.25, -0.2) is 19.3 Å². The number of aryl methyl sites for hydroxylation is 1. The van der Waals surface area contributed by atoms with Crippen LogP contribution in [0.3, 0.4) is 0 Å². The molecule has 0 aliphatic heterocycles. The molecule has 8 heteroatoms.